The van der Waals surface area contributed by atoms with Crippen LogP contribution in [-0.4, -0.2) is 24.5 Å². The third kappa shape index (κ3) is 4.56. The molecule has 5 heteroatoms. The molecule has 0 unspecified atom stereocenters. The van der Waals surface area contributed by atoms with E-state index < -0.39 is 5.97 Å². The minimum Gasteiger partial charge on any atom is -0.493 e. The van der Waals surface area contributed by atoms with Gasteiger partial charge in [-0.3, -0.25) is 4.79 Å². The summed E-state index contributed by atoms with van der Waals surface area (Å²) in [6, 6.07) is 10.3. The molecule has 0 radical (unpaired) electrons. The van der Waals surface area contributed by atoms with Crippen LogP contribution in [0.3, 0.4) is 0 Å². The zero-order valence-electron chi connectivity index (χ0n) is 15.7. The predicted molar refractivity (Wildman–Crippen MR) is 103 cm³/mol. The second-order valence-electron chi connectivity index (χ2n) is 6.40. The molecule has 1 aliphatic rings. The maximum Gasteiger partial charge on any atom is 0.336 e. The molecular weight excluding hydrogens is 344 g/mol. The highest BCUT2D eigenvalue weighted by Gasteiger charge is 2.21. The molecule has 2 aromatic rings. The van der Waals surface area contributed by atoms with E-state index in [1.54, 1.807) is 30.3 Å². The Balaban J connectivity index is 1.73. The first-order valence-electron chi connectivity index (χ1n) is 8.93. The Morgan fingerprint density at radius 2 is 1.96 bits per heavy atom. The van der Waals surface area contributed by atoms with E-state index in [1.807, 2.05) is 26.0 Å². The van der Waals surface area contributed by atoms with Gasteiger partial charge in [-0.05, 0) is 63.2 Å². The third-order valence-electron chi connectivity index (χ3n) is 4.21. The number of esters is 1. The maximum absolute atomic E-state index is 12.1. The lowest BCUT2D eigenvalue weighted by Gasteiger charge is -2.10. The summed E-state index contributed by atoms with van der Waals surface area (Å²) < 4.78 is 16.7. The van der Waals surface area contributed by atoms with Gasteiger partial charge in [0, 0.05) is 29.2 Å². The number of hydrogen-bond donors (Lipinski definition) is 0. The highest BCUT2D eigenvalue weighted by Crippen LogP contribution is 2.35. The smallest absolute Gasteiger partial charge is 0.336 e. The number of ether oxygens (including phenoxy) is 3. The van der Waals surface area contributed by atoms with Crippen LogP contribution >= 0.6 is 0 Å². The van der Waals surface area contributed by atoms with Crippen LogP contribution in [0.15, 0.2) is 42.5 Å². The first kappa shape index (κ1) is 18.7. The number of benzene rings is 2. The second-order valence-corrected chi connectivity index (χ2v) is 6.40. The second kappa shape index (κ2) is 8.08. The topological polar surface area (TPSA) is 61.8 Å². The highest BCUT2D eigenvalue weighted by atomic mass is 16.5. The molecule has 0 N–H and O–H groups in total. The van der Waals surface area contributed by atoms with Crippen molar-refractivity contribution in [3.63, 3.8) is 0 Å². The lowest BCUT2D eigenvalue weighted by Crippen LogP contribution is -2.05. The molecule has 5 nitrogen and oxygen atoms in total. The number of Topliss-reactive ketones (excluding diaryl/α,β-unsaturated/α-hetero) is 1. The minimum absolute atomic E-state index is 0.0376. The average Bonchev–Trinajstić information content (AvgIpc) is 2.99. The van der Waals surface area contributed by atoms with Crippen molar-refractivity contribution < 1.29 is 23.8 Å². The van der Waals surface area contributed by atoms with E-state index >= 15 is 0 Å². The summed E-state index contributed by atoms with van der Waals surface area (Å²) in [6.07, 6.45) is 3.99. The number of ketones is 1. The van der Waals surface area contributed by atoms with E-state index in [0.717, 1.165) is 23.3 Å². The fourth-order valence-corrected chi connectivity index (χ4v) is 2.93. The van der Waals surface area contributed by atoms with Crippen LogP contribution in [-0.2, 0) is 11.2 Å². The van der Waals surface area contributed by atoms with E-state index in [0.29, 0.717) is 23.7 Å². The first-order valence-corrected chi connectivity index (χ1v) is 8.93. The van der Waals surface area contributed by atoms with Crippen molar-refractivity contribution in [1.82, 2.24) is 0 Å². The van der Waals surface area contributed by atoms with Crippen molar-refractivity contribution in [1.29, 1.82) is 0 Å². The fraction of sp³-hybridized carbons (Fsp3) is 0.273. The molecule has 0 fully saturated rings. The Bertz CT molecular complexity index is 880. The molecule has 2 aromatic carbocycles. The van der Waals surface area contributed by atoms with Crippen molar-refractivity contribution in [3.8, 4) is 17.2 Å². The van der Waals surface area contributed by atoms with Gasteiger partial charge in [0.2, 0.25) is 0 Å². The van der Waals surface area contributed by atoms with Gasteiger partial charge in [-0.1, -0.05) is 0 Å². The molecule has 0 saturated heterocycles. The number of rotatable bonds is 6. The van der Waals surface area contributed by atoms with Crippen molar-refractivity contribution in [3.05, 3.63) is 59.2 Å². The number of carbonyl (C=O) groups excluding carboxylic acids is 2. The van der Waals surface area contributed by atoms with E-state index in [1.165, 1.54) is 13.0 Å². The van der Waals surface area contributed by atoms with Gasteiger partial charge in [-0.2, -0.15) is 0 Å². The molecule has 1 heterocycles. The zero-order valence-corrected chi connectivity index (χ0v) is 15.7. The largest absolute Gasteiger partial charge is 0.493 e. The molecule has 3 rings (SSSR count). The molecule has 27 heavy (non-hydrogen) atoms. The van der Waals surface area contributed by atoms with E-state index in [-0.39, 0.29) is 11.9 Å². The summed E-state index contributed by atoms with van der Waals surface area (Å²) in [5, 5.41) is 0. The molecule has 1 atom stereocenters. The number of fused-ring (bicyclic) bond motifs is 1. The Morgan fingerprint density at radius 3 is 2.63 bits per heavy atom. The molecule has 0 bridgehead atoms. The van der Waals surface area contributed by atoms with Crippen LogP contribution in [0, 0.1) is 0 Å². The minimum atomic E-state index is -0.511. The zero-order chi connectivity index (χ0) is 19.4. The Hall–Kier alpha value is -3.08. The summed E-state index contributed by atoms with van der Waals surface area (Å²) in [6.45, 7) is 5.95. The van der Waals surface area contributed by atoms with E-state index in [2.05, 4.69) is 0 Å². The predicted octanol–water partition coefficient (Wildman–Crippen LogP) is 4.23. The average molecular weight is 366 g/mol. The molecule has 140 valence electrons. The quantitative estimate of drug-likeness (QED) is 0.331. The SMILES string of the molecule is CCOc1cc2c(cc1/C=C/C(=O)Oc1ccc(C(C)=O)cc1)O[C@H](C)C2. The van der Waals surface area contributed by atoms with E-state index in [4.69, 9.17) is 14.2 Å². The van der Waals surface area contributed by atoms with Gasteiger partial charge in [0.05, 0.1) is 6.61 Å². The molecule has 0 amide bonds. The van der Waals surface area contributed by atoms with Gasteiger partial charge in [0.25, 0.3) is 0 Å². The Kier molecular flexibility index (Phi) is 5.60. The standard InChI is InChI=1S/C22H22O5/c1-4-25-20-13-18-11-14(2)26-21(18)12-17(20)7-10-22(24)27-19-8-5-16(6-9-19)15(3)23/h5-10,12-14H,4,11H2,1-3H3/b10-7+/t14-/m1/s1. The molecule has 0 aliphatic carbocycles. The monoisotopic (exact) mass is 366 g/mol. The van der Waals surface area contributed by atoms with Crippen LogP contribution in [0.25, 0.3) is 6.08 Å². The van der Waals surface area contributed by atoms with Crippen LogP contribution in [0.1, 0.15) is 42.3 Å². The highest BCUT2D eigenvalue weighted by molar-refractivity contribution is 5.94. The Labute approximate surface area is 158 Å². The fourth-order valence-electron chi connectivity index (χ4n) is 2.93. The van der Waals surface area contributed by atoms with Crippen LogP contribution < -0.4 is 14.2 Å². The third-order valence-corrected chi connectivity index (χ3v) is 4.21. The Morgan fingerprint density at radius 1 is 1.22 bits per heavy atom. The first-order chi connectivity index (χ1) is 13.0. The van der Waals surface area contributed by atoms with Crippen molar-refractivity contribution in [2.45, 2.75) is 33.3 Å². The summed E-state index contributed by atoms with van der Waals surface area (Å²) in [4.78, 5) is 23.4. The van der Waals surface area contributed by atoms with Gasteiger partial charge in [-0.25, -0.2) is 4.79 Å². The van der Waals surface area contributed by atoms with Gasteiger partial charge in [0.1, 0.15) is 23.4 Å². The summed E-state index contributed by atoms with van der Waals surface area (Å²) in [7, 11) is 0. The van der Waals surface area contributed by atoms with E-state index in [9.17, 15) is 9.59 Å². The van der Waals surface area contributed by atoms with Gasteiger partial charge < -0.3 is 14.2 Å². The van der Waals surface area contributed by atoms with Crippen LogP contribution in [0.5, 0.6) is 17.2 Å². The van der Waals surface area contributed by atoms with Crippen molar-refractivity contribution >= 4 is 17.8 Å². The molecule has 0 aromatic heterocycles. The van der Waals surface area contributed by atoms with Gasteiger partial charge in [-0.15, -0.1) is 0 Å². The molecule has 0 saturated carbocycles. The van der Waals surface area contributed by atoms with Gasteiger partial charge in [0.15, 0.2) is 5.78 Å². The lowest BCUT2D eigenvalue weighted by molar-refractivity contribution is -0.128. The lowest BCUT2D eigenvalue weighted by atomic mass is 10.1. The number of carbonyl (C=O) groups is 2. The van der Waals surface area contributed by atoms with Gasteiger partial charge >= 0.3 is 5.97 Å². The summed E-state index contributed by atoms with van der Waals surface area (Å²) in [5.74, 6) is 1.36. The van der Waals surface area contributed by atoms with Crippen molar-refractivity contribution in [2.75, 3.05) is 6.61 Å². The number of hydrogen-bond acceptors (Lipinski definition) is 5. The summed E-state index contributed by atoms with van der Waals surface area (Å²) in [5.41, 5.74) is 2.43. The van der Waals surface area contributed by atoms with Crippen molar-refractivity contribution in [2.24, 2.45) is 0 Å². The maximum atomic E-state index is 12.1. The van der Waals surface area contributed by atoms with Crippen LogP contribution in [0.2, 0.25) is 0 Å². The molecule has 1 aliphatic heterocycles. The summed E-state index contributed by atoms with van der Waals surface area (Å²) >= 11 is 0. The van der Waals surface area contributed by atoms with Crippen LogP contribution in [0.4, 0.5) is 0 Å². The molecule has 0 spiro atoms. The normalized spacial score (nSPS) is 15.3. The molecular formula is C22H22O5.